The van der Waals surface area contributed by atoms with Crippen molar-refractivity contribution in [3.05, 3.63) is 101 Å². The maximum Gasteiger partial charge on any atom is 0.142 e. The van der Waals surface area contributed by atoms with Crippen molar-refractivity contribution in [1.29, 1.82) is 0 Å². The summed E-state index contributed by atoms with van der Waals surface area (Å²) in [5.74, 6) is 0. The molecule has 0 aliphatic carbocycles. The third-order valence-electron chi connectivity index (χ3n) is 5.91. The standard InChI is InChI=1S/C25H27ClN2O2/c26-22-11-13-23(14-12-22)28-17-15-27(16-18-28)19-24(29)25(30,20-7-3-1-4-8-20)21-9-5-2-6-10-21/h1-14,24,29-30H,15-19H2. The van der Waals surface area contributed by atoms with E-state index >= 15 is 0 Å². The highest BCUT2D eigenvalue weighted by atomic mass is 35.5. The maximum atomic E-state index is 11.7. The lowest BCUT2D eigenvalue weighted by Gasteiger charge is -2.40. The summed E-state index contributed by atoms with van der Waals surface area (Å²) in [7, 11) is 0. The zero-order chi connectivity index (χ0) is 21.0. The minimum Gasteiger partial charge on any atom is -0.388 e. The summed E-state index contributed by atoms with van der Waals surface area (Å²) >= 11 is 6.00. The van der Waals surface area contributed by atoms with Crippen LogP contribution in [-0.4, -0.2) is 53.9 Å². The highest BCUT2D eigenvalue weighted by Crippen LogP contribution is 2.33. The Kier molecular flexibility index (Phi) is 6.40. The Hall–Kier alpha value is -2.37. The van der Waals surface area contributed by atoms with E-state index in [0.29, 0.717) is 17.7 Å². The molecule has 4 rings (SSSR count). The van der Waals surface area contributed by atoms with Gasteiger partial charge in [0.1, 0.15) is 11.7 Å². The molecule has 3 aromatic rings. The molecule has 1 aliphatic heterocycles. The molecule has 0 bridgehead atoms. The number of halogens is 1. The van der Waals surface area contributed by atoms with Crippen molar-refractivity contribution in [1.82, 2.24) is 4.90 Å². The second kappa shape index (κ2) is 9.19. The van der Waals surface area contributed by atoms with Gasteiger partial charge in [-0.25, -0.2) is 0 Å². The first-order valence-corrected chi connectivity index (χ1v) is 10.7. The van der Waals surface area contributed by atoms with Gasteiger partial charge >= 0.3 is 0 Å². The Morgan fingerprint density at radius 1 is 0.767 bits per heavy atom. The molecule has 30 heavy (non-hydrogen) atoms. The molecule has 0 spiro atoms. The van der Waals surface area contributed by atoms with Crippen LogP contribution in [-0.2, 0) is 5.60 Å². The molecule has 0 amide bonds. The molecule has 2 N–H and O–H groups in total. The number of rotatable bonds is 6. The average molecular weight is 423 g/mol. The lowest BCUT2D eigenvalue weighted by molar-refractivity contribution is -0.0641. The fraction of sp³-hybridized carbons (Fsp3) is 0.280. The van der Waals surface area contributed by atoms with Crippen LogP contribution in [0.5, 0.6) is 0 Å². The molecule has 1 fully saturated rings. The summed E-state index contributed by atoms with van der Waals surface area (Å²) < 4.78 is 0. The molecule has 0 radical (unpaired) electrons. The van der Waals surface area contributed by atoms with Gasteiger partial charge in [-0.05, 0) is 35.4 Å². The minimum absolute atomic E-state index is 0.398. The largest absolute Gasteiger partial charge is 0.388 e. The fourth-order valence-corrected chi connectivity index (χ4v) is 4.28. The lowest BCUT2D eigenvalue weighted by atomic mass is 9.81. The van der Waals surface area contributed by atoms with E-state index in [1.165, 1.54) is 0 Å². The number of aliphatic hydroxyl groups excluding tert-OH is 1. The summed E-state index contributed by atoms with van der Waals surface area (Å²) in [5, 5.41) is 23.7. The quantitative estimate of drug-likeness (QED) is 0.635. The Balaban J connectivity index is 1.47. The summed E-state index contributed by atoms with van der Waals surface area (Å²) in [4.78, 5) is 4.54. The first-order valence-electron chi connectivity index (χ1n) is 10.3. The number of benzene rings is 3. The number of aliphatic hydroxyl groups is 2. The molecular weight excluding hydrogens is 396 g/mol. The smallest absolute Gasteiger partial charge is 0.142 e. The first kappa shape index (κ1) is 20.9. The van der Waals surface area contributed by atoms with Crippen LogP contribution in [0.15, 0.2) is 84.9 Å². The Morgan fingerprint density at radius 2 is 1.27 bits per heavy atom. The van der Waals surface area contributed by atoms with Crippen molar-refractivity contribution >= 4 is 17.3 Å². The SMILES string of the molecule is OC(CN1CCN(c2ccc(Cl)cc2)CC1)C(O)(c1ccccc1)c1ccccc1. The minimum atomic E-state index is -1.46. The van der Waals surface area contributed by atoms with Gasteiger partial charge in [0.05, 0.1) is 0 Å². The predicted octanol–water partition coefficient (Wildman–Crippen LogP) is 3.76. The van der Waals surface area contributed by atoms with Crippen LogP contribution < -0.4 is 4.90 Å². The van der Waals surface area contributed by atoms with Crippen LogP contribution in [0.4, 0.5) is 5.69 Å². The topological polar surface area (TPSA) is 46.9 Å². The third-order valence-corrected chi connectivity index (χ3v) is 6.16. The molecule has 3 aromatic carbocycles. The van der Waals surface area contributed by atoms with Gasteiger partial charge in [-0.15, -0.1) is 0 Å². The fourth-order valence-electron chi connectivity index (χ4n) is 4.15. The Labute approximate surface area is 183 Å². The van der Waals surface area contributed by atoms with Crippen LogP contribution in [0.3, 0.4) is 0 Å². The average Bonchev–Trinajstić information content (AvgIpc) is 2.81. The van der Waals surface area contributed by atoms with Crippen molar-refractivity contribution in [3.63, 3.8) is 0 Å². The lowest BCUT2D eigenvalue weighted by Crippen LogP contribution is -2.53. The summed E-state index contributed by atoms with van der Waals surface area (Å²) in [6.45, 7) is 3.76. The predicted molar refractivity (Wildman–Crippen MR) is 122 cm³/mol. The molecule has 1 saturated heterocycles. The normalized spacial score (nSPS) is 16.4. The Bertz CT molecular complexity index is 887. The molecule has 1 heterocycles. The molecular formula is C25H27ClN2O2. The number of piperazine rings is 1. The monoisotopic (exact) mass is 422 g/mol. The summed E-state index contributed by atoms with van der Waals surface area (Å²) in [6, 6.07) is 26.8. The second-order valence-corrected chi connectivity index (χ2v) is 8.21. The van der Waals surface area contributed by atoms with E-state index in [9.17, 15) is 10.2 Å². The van der Waals surface area contributed by atoms with Gasteiger partial charge in [0.25, 0.3) is 0 Å². The van der Waals surface area contributed by atoms with E-state index in [2.05, 4.69) is 9.80 Å². The number of anilines is 1. The van der Waals surface area contributed by atoms with Crippen LogP contribution in [0.2, 0.25) is 5.02 Å². The van der Waals surface area contributed by atoms with Crippen molar-refractivity contribution < 1.29 is 10.2 Å². The van der Waals surface area contributed by atoms with Crippen LogP contribution in [0.1, 0.15) is 11.1 Å². The maximum absolute atomic E-state index is 11.7. The number of β-amino-alcohol motifs (C(OH)–C–C–N with tert-alkyl or cyclic N) is 1. The summed E-state index contributed by atoms with van der Waals surface area (Å²) in [5.41, 5.74) is 1.09. The van der Waals surface area contributed by atoms with Gasteiger partial charge in [-0.1, -0.05) is 72.3 Å². The molecule has 4 nitrogen and oxygen atoms in total. The molecule has 1 atom stereocenters. The first-order chi connectivity index (χ1) is 14.6. The second-order valence-electron chi connectivity index (χ2n) is 7.78. The van der Waals surface area contributed by atoms with Crippen LogP contribution in [0, 0.1) is 0 Å². The highest BCUT2D eigenvalue weighted by molar-refractivity contribution is 6.30. The van der Waals surface area contributed by atoms with Crippen molar-refractivity contribution in [3.8, 4) is 0 Å². The van der Waals surface area contributed by atoms with Crippen LogP contribution in [0.25, 0.3) is 0 Å². The molecule has 5 heteroatoms. The Morgan fingerprint density at radius 3 is 1.77 bits per heavy atom. The van der Waals surface area contributed by atoms with Gasteiger partial charge in [0.15, 0.2) is 0 Å². The molecule has 0 aromatic heterocycles. The molecule has 1 unspecified atom stereocenters. The highest BCUT2D eigenvalue weighted by Gasteiger charge is 2.40. The van der Waals surface area contributed by atoms with E-state index < -0.39 is 11.7 Å². The summed E-state index contributed by atoms with van der Waals surface area (Å²) in [6.07, 6.45) is -0.954. The van der Waals surface area contributed by atoms with E-state index in [4.69, 9.17) is 11.6 Å². The van der Waals surface area contributed by atoms with Crippen molar-refractivity contribution in [2.24, 2.45) is 0 Å². The van der Waals surface area contributed by atoms with Crippen LogP contribution >= 0.6 is 11.6 Å². The molecule has 1 aliphatic rings. The molecule has 156 valence electrons. The zero-order valence-corrected chi connectivity index (χ0v) is 17.6. The van der Waals surface area contributed by atoms with Gasteiger partial charge in [0, 0.05) is 43.4 Å². The van der Waals surface area contributed by atoms with E-state index in [1.54, 1.807) is 0 Å². The van der Waals surface area contributed by atoms with E-state index in [-0.39, 0.29) is 0 Å². The van der Waals surface area contributed by atoms with Crippen molar-refractivity contribution in [2.45, 2.75) is 11.7 Å². The number of hydrogen-bond acceptors (Lipinski definition) is 4. The zero-order valence-electron chi connectivity index (χ0n) is 16.9. The van der Waals surface area contributed by atoms with E-state index in [0.717, 1.165) is 36.9 Å². The van der Waals surface area contributed by atoms with Gasteiger partial charge in [-0.2, -0.15) is 0 Å². The van der Waals surface area contributed by atoms with Gasteiger partial charge in [0.2, 0.25) is 0 Å². The number of hydrogen-bond donors (Lipinski definition) is 2. The van der Waals surface area contributed by atoms with E-state index in [1.807, 2.05) is 84.9 Å². The molecule has 0 saturated carbocycles. The van der Waals surface area contributed by atoms with Gasteiger partial charge < -0.3 is 15.1 Å². The number of nitrogens with zero attached hydrogens (tertiary/aromatic N) is 2. The third kappa shape index (κ3) is 4.37. The van der Waals surface area contributed by atoms with Gasteiger partial charge in [-0.3, -0.25) is 4.90 Å². The van der Waals surface area contributed by atoms with Crippen molar-refractivity contribution in [2.75, 3.05) is 37.6 Å².